The molecule has 0 fully saturated rings. The van der Waals surface area contributed by atoms with Gasteiger partial charge in [-0.25, -0.2) is 4.98 Å². The Kier molecular flexibility index (Phi) is 3.48. The molecule has 1 atom stereocenters. The Morgan fingerprint density at radius 2 is 2.15 bits per heavy atom. The molecule has 1 aromatic heterocycles. The third-order valence-corrected chi connectivity index (χ3v) is 2.01. The van der Waals surface area contributed by atoms with Crippen molar-refractivity contribution in [3.8, 4) is 0 Å². The summed E-state index contributed by atoms with van der Waals surface area (Å²) in [6, 6.07) is 0.244. The van der Waals surface area contributed by atoms with Crippen molar-refractivity contribution >= 4 is 0 Å². The largest absolute Gasteiger partial charge is 0.444 e. The van der Waals surface area contributed by atoms with Crippen LogP contribution in [0.5, 0.6) is 0 Å². The first kappa shape index (κ1) is 10.3. The van der Waals surface area contributed by atoms with Gasteiger partial charge in [-0.15, -0.1) is 0 Å². The van der Waals surface area contributed by atoms with Crippen LogP contribution in [-0.4, -0.2) is 12.0 Å². The number of nitrogens with zero attached hydrogens (tertiary/aromatic N) is 1. The van der Waals surface area contributed by atoms with Gasteiger partial charge >= 0.3 is 0 Å². The van der Waals surface area contributed by atoms with Crippen LogP contribution >= 0.6 is 0 Å². The standard InChI is InChI=1S/C10H18N2O/c1-7(2)5-10-12-6-9(13-10)8(3)11-4/h6-8,11H,5H2,1-4H3. The molecule has 0 spiro atoms. The van der Waals surface area contributed by atoms with Crippen LogP contribution in [0.1, 0.15) is 38.5 Å². The van der Waals surface area contributed by atoms with E-state index < -0.39 is 0 Å². The predicted molar refractivity (Wildman–Crippen MR) is 52.5 cm³/mol. The normalized spacial score (nSPS) is 13.6. The molecule has 0 saturated carbocycles. The van der Waals surface area contributed by atoms with Crippen LogP contribution in [0.3, 0.4) is 0 Å². The van der Waals surface area contributed by atoms with E-state index in [1.165, 1.54) is 0 Å². The lowest BCUT2D eigenvalue weighted by atomic mass is 10.1. The molecule has 0 amide bonds. The van der Waals surface area contributed by atoms with Gasteiger partial charge in [0.15, 0.2) is 5.89 Å². The summed E-state index contributed by atoms with van der Waals surface area (Å²) in [5, 5.41) is 3.11. The third-order valence-electron chi connectivity index (χ3n) is 2.01. The van der Waals surface area contributed by atoms with Gasteiger partial charge in [0, 0.05) is 6.42 Å². The molecule has 1 aromatic rings. The van der Waals surface area contributed by atoms with Crippen LogP contribution < -0.4 is 5.32 Å². The molecule has 1 heterocycles. The number of nitrogens with one attached hydrogen (secondary N) is 1. The number of rotatable bonds is 4. The van der Waals surface area contributed by atoms with Crippen molar-refractivity contribution in [1.82, 2.24) is 10.3 Å². The highest BCUT2D eigenvalue weighted by molar-refractivity contribution is 4.99. The number of hydrogen-bond acceptors (Lipinski definition) is 3. The van der Waals surface area contributed by atoms with Crippen molar-refractivity contribution in [1.29, 1.82) is 0 Å². The van der Waals surface area contributed by atoms with Crippen molar-refractivity contribution in [3.05, 3.63) is 17.8 Å². The Balaban J connectivity index is 2.63. The second kappa shape index (κ2) is 4.42. The van der Waals surface area contributed by atoms with Crippen LogP contribution in [0.25, 0.3) is 0 Å². The molecular formula is C10H18N2O. The first-order valence-corrected chi connectivity index (χ1v) is 4.75. The maximum absolute atomic E-state index is 5.57. The summed E-state index contributed by atoms with van der Waals surface area (Å²) in [6.45, 7) is 6.37. The highest BCUT2D eigenvalue weighted by atomic mass is 16.4. The van der Waals surface area contributed by atoms with Crippen molar-refractivity contribution in [2.45, 2.75) is 33.2 Å². The summed E-state index contributed by atoms with van der Waals surface area (Å²) in [4.78, 5) is 4.22. The summed E-state index contributed by atoms with van der Waals surface area (Å²) < 4.78 is 5.57. The first-order chi connectivity index (χ1) is 6.13. The molecule has 1 N–H and O–H groups in total. The molecule has 0 aromatic carbocycles. The van der Waals surface area contributed by atoms with E-state index in [0.29, 0.717) is 5.92 Å². The molecule has 0 aliphatic carbocycles. The molecule has 74 valence electrons. The van der Waals surface area contributed by atoms with Gasteiger partial charge in [-0.2, -0.15) is 0 Å². The van der Waals surface area contributed by atoms with Crippen LogP contribution in [0.2, 0.25) is 0 Å². The van der Waals surface area contributed by atoms with Crippen molar-refractivity contribution < 1.29 is 4.42 Å². The lowest BCUT2D eigenvalue weighted by Crippen LogP contribution is -2.11. The predicted octanol–water partition coefficient (Wildman–Crippen LogP) is 2.15. The molecule has 0 aliphatic rings. The Bertz CT molecular complexity index is 255. The average molecular weight is 182 g/mol. The van der Waals surface area contributed by atoms with Crippen LogP contribution in [0.4, 0.5) is 0 Å². The quantitative estimate of drug-likeness (QED) is 0.775. The van der Waals surface area contributed by atoms with Crippen molar-refractivity contribution in [3.63, 3.8) is 0 Å². The van der Waals surface area contributed by atoms with E-state index in [2.05, 4.69) is 31.1 Å². The van der Waals surface area contributed by atoms with Gasteiger partial charge in [0.05, 0.1) is 12.2 Å². The molecule has 13 heavy (non-hydrogen) atoms. The second-order valence-electron chi connectivity index (χ2n) is 3.76. The van der Waals surface area contributed by atoms with Gasteiger partial charge in [-0.3, -0.25) is 0 Å². The highest BCUT2D eigenvalue weighted by Crippen LogP contribution is 2.15. The van der Waals surface area contributed by atoms with Crippen LogP contribution in [0.15, 0.2) is 10.6 Å². The molecule has 0 bridgehead atoms. The summed E-state index contributed by atoms with van der Waals surface area (Å²) in [5.41, 5.74) is 0. The van der Waals surface area contributed by atoms with Crippen molar-refractivity contribution in [2.24, 2.45) is 5.92 Å². The van der Waals surface area contributed by atoms with E-state index in [9.17, 15) is 0 Å². The molecule has 3 nitrogen and oxygen atoms in total. The van der Waals surface area contributed by atoms with E-state index >= 15 is 0 Å². The molecule has 3 heteroatoms. The zero-order valence-electron chi connectivity index (χ0n) is 8.79. The molecule has 0 aliphatic heterocycles. The van der Waals surface area contributed by atoms with Crippen molar-refractivity contribution in [2.75, 3.05) is 7.05 Å². The fraction of sp³-hybridized carbons (Fsp3) is 0.700. The van der Waals surface area contributed by atoms with Gasteiger partial charge < -0.3 is 9.73 Å². The zero-order chi connectivity index (χ0) is 9.84. The summed E-state index contributed by atoms with van der Waals surface area (Å²) in [7, 11) is 1.91. The molecular weight excluding hydrogens is 164 g/mol. The Hall–Kier alpha value is -0.830. The summed E-state index contributed by atoms with van der Waals surface area (Å²) in [6.07, 6.45) is 2.72. The summed E-state index contributed by atoms with van der Waals surface area (Å²) >= 11 is 0. The van der Waals surface area contributed by atoms with Gasteiger partial charge in [-0.05, 0) is 19.9 Å². The van der Waals surface area contributed by atoms with Gasteiger partial charge in [-0.1, -0.05) is 13.8 Å². The van der Waals surface area contributed by atoms with E-state index in [1.54, 1.807) is 6.20 Å². The van der Waals surface area contributed by atoms with E-state index in [0.717, 1.165) is 18.1 Å². The first-order valence-electron chi connectivity index (χ1n) is 4.75. The molecule has 1 rings (SSSR count). The minimum Gasteiger partial charge on any atom is -0.444 e. The van der Waals surface area contributed by atoms with E-state index in [1.807, 2.05) is 7.05 Å². The zero-order valence-corrected chi connectivity index (χ0v) is 8.79. The van der Waals surface area contributed by atoms with Gasteiger partial charge in [0.1, 0.15) is 5.76 Å². The Morgan fingerprint density at radius 1 is 1.46 bits per heavy atom. The minimum absolute atomic E-state index is 0.244. The van der Waals surface area contributed by atoms with Gasteiger partial charge in [0.25, 0.3) is 0 Å². The van der Waals surface area contributed by atoms with E-state index in [4.69, 9.17) is 4.42 Å². The monoisotopic (exact) mass is 182 g/mol. The molecule has 0 saturated heterocycles. The fourth-order valence-corrected chi connectivity index (χ4v) is 1.11. The molecule has 1 unspecified atom stereocenters. The number of hydrogen-bond donors (Lipinski definition) is 1. The second-order valence-corrected chi connectivity index (χ2v) is 3.76. The maximum atomic E-state index is 5.57. The van der Waals surface area contributed by atoms with Gasteiger partial charge in [0.2, 0.25) is 0 Å². The Labute approximate surface area is 79.5 Å². The smallest absolute Gasteiger partial charge is 0.194 e. The van der Waals surface area contributed by atoms with Crippen LogP contribution in [-0.2, 0) is 6.42 Å². The number of aromatic nitrogens is 1. The summed E-state index contributed by atoms with van der Waals surface area (Å²) in [5.74, 6) is 2.35. The topological polar surface area (TPSA) is 38.1 Å². The maximum Gasteiger partial charge on any atom is 0.194 e. The fourth-order valence-electron chi connectivity index (χ4n) is 1.11. The van der Waals surface area contributed by atoms with E-state index in [-0.39, 0.29) is 6.04 Å². The minimum atomic E-state index is 0.244. The van der Waals surface area contributed by atoms with Crippen LogP contribution in [0, 0.1) is 5.92 Å². The SMILES string of the molecule is CNC(C)c1cnc(CC(C)C)o1. The third kappa shape index (κ3) is 2.84. The Morgan fingerprint density at radius 3 is 2.69 bits per heavy atom. The highest BCUT2D eigenvalue weighted by Gasteiger charge is 2.10. The lowest BCUT2D eigenvalue weighted by Gasteiger charge is -2.04. The number of oxazole rings is 1. The average Bonchev–Trinajstić information content (AvgIpc) is 2.50. The molecule has 0 radical (unpaired) electrons. The lowest BCUT2D eigenvalue weighted by molar-refractivity contribution is 0.397.